The first-order chi connectivity index (χ1) is 31.2. The zero-order valence-electron chi connectivity index (χ0n) is 41.1. The van der Waals surface area contributed by atoms with Gasteiger partial charge in [0.15, 0.2) is 0 Å². The average Bonchev–Trinajstić information content (AvgIpc) is 3.28. The maximum atomic E-state index is 12.7. The van der Waals surface area contributed by atoms with E-state index in [2.05, 4.69) is 62.5 Å². The van der Waals surface area contributed by atoms with E-state index in [0.717, 1.165) is 57.8 Å². The van der Waals surface area contributed by atoms with E-state index in [1.54, 1.807) is 0 Å². The molecule has 0 amide bonds. The Kier molecular flexibility index (Phi) is 47.3. The fraction of sp³-hybridized carbons (Fsp3) is 0.811. The summed E-state index contributed by atoms with van der Waals surface area (Å²) < 4.78 is 33.5. The van der Waals surface area contributed by atoms with Gasteiger partial charge in [-0.1, -0.05) is 204 Å². The number of nitrogens with two attached hydrogens (primary N) is 1. The van der Waals surface area contributed by atoms with Crippen molar-refractivity contribution in [1.82, 2.24) is 0 Å². The Morgan fingerprint density at radius 1 is 0.500 bits per heavy atom. The minimum absolute atomic E-state index is 0.0129. The van der Waals surface area contributed by atoms with Crippen molar-refractivity contribution in [3.8, 4) is 0 Å². The molecule has 0 fully saturated rings. The second-order valence-electron chi connectivity index (χ2n) is 17.6. The van der Waals surface area contributed by atoms with Crippen molar-refractivity contribution in [2.45, 2.75) is 251 Å². The molecule has 4 N–H and O–H groups in total. The lowest BCUT2D eigenvalue weighted by Gasteiger charge is -2.20. The van der Waals surface area contributed by atoms with Crippen LogP contribution in [-0.4, -0.2) is 60.5 Å². The maximum Gasteiger partial charge on any atom is 0.472 e. The van der Waals surface area contributed by atoms with E-state index in [1.165, 1.54) is 154 Å². The lowest BCUT2D eigenvalue weighted by Crippen LogP contribution is -2.34. The van der Waals surface area contributed by atoms with Crippen molar-refractivity contribution >= 4 is 19.8 Å². The quantitative estimate of drug-likeness (QED) is 0.0232. The van der Waals surface area contributed by atoms with Gasteiger partial charge in [0.2, 0.25) is 0 Å². The molecule has 0 rings (SSSR count). The van der Waals surface area contributed by atoms with Crippen LogP contribution in [0.1, 0.15) is 239 Å². The predicted octanol–water partition coefficient (Wildman–Crippen LogP) is 15.4. The number of hydrogen-bond acceptors (Lipinski definition) is 8. The van der Waals surface area contributed by atoms with Gasteiger partial charge >= 0.3 is 19.8 Å². The molecule has 0 aromatic rings. The summed E-state index contributed by atoms with van der Waals surface area (Å²) in [4.78, 5) is 33.7. The minimum atomic E-state index is -4.63. The molecule has 3 unspecified atom stereocenters. The largest absolute Gasteiger partial charge is 0.480 e. The topological polar surface area (TPSA) is 155 Å². The molecular formula is C53H98NO9P. The lowest BCUT2D eigenvalue weighted by atomic mass is 10.0. The van der Waals surface area contributed by atoms with Gasteiger partial charge in [0, 0.05) is 13.0 Å². The zero-order valence-corrected chi connectivity index (χ0v) is 42.0. The van der Waals surface area contributed by atoms with Gasteiger partial charge in [0.25, 0.3) is 0 Å². The molecule has 0 saturated heterocycles. The summed E-state index contributed by atoms with van der Waals surface area (Å²) in [5.74, 6) is -1.78. The summed E-state index contributed by atoms with van der Waals surface area (Å²) >= 11 is 0. The zero-order chi connectivity index (χ0) is 46.9. The Hall–Kier alpha value is -2.07. The van der Waals surface area contributed by atoms with Crippen molar-refractivity contribution in [2.24, 2.45) is 5.73 Å². The number of ether oxygens (including phenoxy) is 2. The molecule has 3 atom stereocenters. The molecule has 0 aliphatic carbocycles. The fourth-order valence-corrected chi connectivity index (χ4v) is 8.03. The molecule has 0 aliphatic heterocycles. The summed E-state index contributed by atoms with van der Waals surface area (Å²) in [5, 5.41) is 8.93. The third-order valence-corrected chi connectivity index (χ3v) is 12.3. The van der Waals surface area contributed by atoms with Crippen LogP contribution in [-0.2, 0) is 32.7 Å². The number of phosphoric acid groups is 1. The van der Waals surface area contributed by atoms with Crippen molar-refractivity contribution in [1.29, 1.82) is 0 Å². The molecule has 0 aromatic carbocycles. The third-order valence-electron chi connectivity index (χ3n) is 11.3. The highest BCUT2D eigenvalue weighted by atomic mass is 31.2. The van der Waals surface area contributed by atoms with Crippen LogP contribution in [0.3, 0.4) is 0 Å². The molecule has 374 valence electrons. The standard InChI is InChI=1S/C53H98NO9P/c1-3-5-7-9-11-13-15-17-19-21-23-24-25-26-27-28-30-32-34-36-38-40-42-44-46-60-47-50(48-61-64(58,59)62-49-51(54)53(56)57)63-52(55)45-43-41-39-37-35-33-31-29-22-20-18-16-14-12-10-8-6-4-2/h14-17,20-23,50-51H,3-13,18-19,24-49,54H2,1-2H3,(H,56,57)(H,58,59)/b16-14-,17-15-,22-20-,23-21-. The number of unbranched alkanes of at least 4 members (excludes halogenated alkanes) is 28. The molecular weight excluding hydrogens is 826 g/mol. The van der Waals surface area contributed by atoms with E-state index in [1.807, 2.05) is 0 Å². The second kappa shape index (κ2) is 48.9. The van der Waals surface area contributed by atoms with E-state index in [4.69, 9.17) is 29.4 Å². The van der Waals surface area contributed by atoms with E-state index in [0.29, 0.717) is 13.0 Å². The van der Waals surface area contributed by atoms with Gasteiger partial charge in [-0.15, -0.1) is 0 Å². The summed E-state index contributed by atoms with van der Waals surface area (Å²) in [6.07, 6.45) is 58.8. The number of esters is 1. The van der Waals surface area contributed by atoms with Gasteiger partial charge in [-0.05, 0) is 77.0 Å². The Bertz CT molecular complexity index is 1210. The van der Waals surface area contributed by atoms with Gasteiger partial charge in [0.1, 0.15) is 12.1 Å². The number of carboxylic acid groups (broad SMARTS) is 1. The molecule has 0 radical (unpaired) electrons. The maximum absolute atomic E-state index is 12.7. The molecule has 64 heavy (non-hydrogen) atoms. The normalized spacial score (nSPS) is 14.1. The third kappa shape index (κ3) is 47.9. The SMILES string of the molecule is CCCCCC/C=C\C/C=C\CCCCCCCCCC(=O)OC(COCCCCCCCCCCCCCC/C=C\C/C=C\CCCCCCC)COP(=O)(O)OCC(N)C(=O)O. The van der Waals surface area contributed by atoms with E-state index in [-0.39, 0.29) is 13.0 Å². The number of allylic oxidation sites excluding steroid dienone is 8. The first-order valence-electron chi connectivity index (χ1n) is 26.2. The van der Waals surface area contributed by atoms with E-state index >= 15 is 0 Å². The summed E-state index contributed by atoms with van der Waals surface area (Å²) in [6, 6.07) is -1.48. The van der Waals surface area contributed by atoms with Gasteiger partial charge in [0.05, 0.1) is 19.8 Å². The van der Waals surface area contributed by atoms with Crippen LogP contribution in [0, 0.1) is 0 Å². The van der Waals surface area contributed by atoms with Gasteiger partial charge < -0.3 is 25.2 Å². The minimum Gasteiger partial charge on any atom is -0.480 e. The van der Waals surface area contributed by atoms with E-state index in [9.17, 15) is 19.0 Å². The first-order valence-corrected chi connectivity index (χ1v) is 27.7. The summed E-state index contributed by atoms with van der Waals surface area (Å²) in [6.45, 7) is 3.87. The van der Waals surface area contributed by atoms with Crippen LogP contribution < -0.4 is 5.73 Å². The van der Waals surface area contributed by atoms with Crippen LogP contribution in [0.5, 0.6) is 0 Å². The van der Waals surface area contributed by atoms with Crippen LogP contribution >= 0.6 is 7.82 Å². The highest BCUT2D eigenvalue weighted by Crippen LogP contribution is 2.43. The number of rotatable bonds is 50. The smallest absolute Gasteiger partial charge is 0.472 e. The number of hydrogen-bond donors (Lipinski definition) is 3. The molecule has 0 bridgehead atoms. The van der Waals surface area contributed by atoms with Crippen molar-refractivity contribution < 1.29 is 42.7 Å². The van der Waals surface area contributed by atoms with Crippen LogP contribution in [0.2, 0.25) is 0 Å². The first kappa shape index (κ1) is 61.9. The number of phosphoric ester groups is 1. The summed E-state index contributed by atoms with van der Waals surface area (Å²) in [7, 11) is -4.63. The number of aliphatic carboxylic acids is 1. The molecule has 10 nitrogen and oxygen atoms in total. The molecule has 0 spiro atoms. The van der Waals surface area contributed by atoms with Gasteiger partial charge in [-0.25, -0.2) is 4.57 Å². The predicted molar refractivity (Wildman–Crippen MR) is 268 cm³/mol. The fourth-order valence-electron chi connectivity index (χ4n) is 7.25. The number of carboxylic acids is 1. The molecule has 0 heterocycles. The Morgan fingerprint density at radius 2 is 0.859 bits per heavy atom. The number of carbonyl (C=O) groups is 2. The van der Waals surface area contributed by atoms with Crippen LogP contribution in [0.25, 0.3) is 0 Å². The second-order valence-corrected chi connectivity index (χ2v) is 19.1. The molecule has 0 aliphatic rings. The highest BCUT2D eigenvalue weighted by Gasteiger charge is 2.27. The van der Waals surface area contributed by atoms with Gasteiger partial charge in [-0.3, -0.25) is 18.6 Å². The van der Waals surface area contributed by atoms with E-state index < -0.39 is 45.1 Å². The Labute approximate surface area is 392 Å². The summed E-state index contributed by atoms with van der Waals surface area (Å²) in [5.41, 5.74) is 5.38. The molecule has 0 saturated carbocycles. The van der Waals surface area contributed by atoms with Crippen LogP contribution in [0.4, 0.5) is 0 Å². The molecule has 0 aromatic heterocycles. The Balaban J connectivity index is 4.12. The van der Waals surface area contributed by atoms with Crippen molar-refractivity contribution in [3.05, 3.63) is 48.6 Å². The monoisotopic (exact) mass is 924 g/mol. The number of carbonyl (C=O) groups excluding carboxylic acids is 1. The van der Waals surface area contributed by atoms with Crippen LogP contribution in [0.15, 0.2) is 48.6 Å². The van der Waals surface area contributed by atoms with Gasteiger partial charge in [-0.2, -0.15) is 0 Å². The molecule has 11 heteroatoms. The lowest BCUT2D eigenvalue weighted by molar-refractivity contribution is -0.154. The Morgan fingerprint density at radius 3 is 1.28 bits per heavy atom. The average molecular weight is 924 g/mol. The highest BCUT2D eigenvalue weighted by molar-refractivity contribution is 7.47. The van der Waals surface area contributed by atoms with Crippen molar-refractivity contribution in [2.75, 3.05) is 26.4 Å². The van der Waals surface area contributed by atoms with Crippen molar-refractivity contribution in [3.63, 3.8) is 0 Å².